The summed E-state index contributed by atoms with van der Waals surface area (Å²) in [7, 11) is 0. The molecule has 0 N–H and O–H groups in total. The van der Waals surface area contributed by atoms with Crippen LogP contribution < -0.4 is 0 Å². The van der Waals surface area contributed by atoms with Crippen LogP contribution in [0.2, 0.25) is 0 Å². The summed E-state index contributed by atoms with van der Waals surface area (Å²) in [5.74, 6) is 0.172. The number of hydrogen-bond donors (Lipinski definition) is 0. The van der Waals surface area contributed by atoms with Gasteiger partial charge in [-0.3, -0.25) is 4.79 Å². The van der Waals surface area contributed by atoms with Crippen molar-refractivity contribution in [2.45, 2.75) is 53.6 Å². The molecule has 0 heterocycles. The summed E-state index contributed by atoms with van der Waals surface area (Å²) in [5, 5.41) is 0. The van der Waals surface area contributed by atoms with E-state index in [1.807, 2.05) is 20.8 Å². The normalized spacial score (nSPS) is 18.9. The second-order valence-corrected chi connectivity index (χ2v) is 6.30. The van der Waals surface area contributed by atoms with E-state index >= 15 is 0 Å². The lowest BCUT2D eigenvalue weighted by atomic mass is 9.90. The molecule has 0 spiro atoms. The number of allylic oxidation sites excluding steroid dienone is 2. The average molecular weight is 236 g/mol. The molecule has 0 saturated carbocycles. The number of Topliss-reactive ketones (excluding diaryl/α,β-unsaturated/α-hetero) is 1. The van der Waals surface area contributed by atoms with Gasteiger partial charge in [-0.2, -0.15) is 0 Å². The molecule has 0 bridgehead atoms. The minimum Gasteiger partial charge on any atom is -0.359 e. The summed E-state index contributed by atoms with van der Waals surface area (Å²) in [6.45, 7) is 12.5. The van der Waals surface area contributed by atoms with E-state index in [9.17, 15) is 4.79 Å². The molecule has 0 fully saturated rings. The zero-order valence-electron chi connectivity index (χ0n) is 11.9. The first-order valence-corrected chi connectivity index (χ1v) is 6.17. The van der Waals surface area contributed by atoms with Crippen molar-refractivity contribution in [2.75, 3.05) is 6.61 Å². The topological polar surface area (TPSA) is 26.3 Å². The lowest BCUT2D eigenvalue weighted by Crippen LogP contribution is -2.32. The molecule has 0 aromatic carbocycles. The molecule has 0 atom stereocenters. The SMILES string of the molecule is CC1=CC=C(C)C1(C)OCC(=O)CC(C)(C)C. The minimum atomic E-state index is -0.381. The Morgan fingerprint density at radius 1 is 1.24 bits per heavy atom. The lowest BCUT2D eigenvalue weighted by molar-refractivity contribution is -0.128. The molecule has 17 heavy (non-hydrogen) atoms. The first-order chi connectivity index (χ1) is 7.65. The molecular weight excluding hydrogens is 212 g/mol. The van der Waals surface area contributed by atoms with Gasteiger partial charge < -0.3 is 4.74 Å². The highest BCUT2D eigenvalue weighted by molar-refractivity contribution is 5.80. The molecule has 2 nitrogen and oxygen atoms in total. The van der Waals surface area contributed by atoms with E-state index in [1.54, 1.807) is 0 Å². The highest BCUT2D eigenvalue weighted by atomic mass is 16.5. The fraction of sp³-hybridized carbons (Fsp3) is 0.667. The van der Waals surface area contributed by atoms with Crippen molar-refractivity contribution < 1.29 is 9.53 Å². The summed E-state index contributed by atoms with van der Waals surface area (Å²) in [5.41, 5.74) is 1.98. The minimum absolute atomic E-state index is 0.0345. The van der Waals surface area contributed by atoms with E-state index in [1.165, 1.54) is 11.1 Å². The van der Waals surface area contributed by atoms with Crippen LogP contribution in [0, 0.1) is 5.41 Å². The Hall–Kier alpha value is -0.890. The Morgan fingerprint density at radius 3 is 2.12 bits per heavy atom. The maximum atomic E-state index is 11.8. The molecule has 1 aliphatic rings. The number of ketones is 1. The maximum Gasteiger partial charge on any atom is 0.159 e. The van der Waals surface area contributed by atoms with Gasteiger partial charge in [0, 0.05) is 6.42 Å². The van der Waals surface area contributed by atoms with Crippen LogP contribution in [0.3, 0.4) is 0 Å². The Bertz CT molecular complexity index is 349. The first-order valence-electron chi connectivity index (χ1n) is 6.17. The van der Waals surface area contributed by atoms with Gasteiger partial charge in [0.05, 0.1) is 0 Å². The van der Waals surface area contributed by atoms with Gasteiger partial charge in [-0.15, -0.1) is 0 Å². The molecule has 0 saturated heterocycles. The molecule has 0 aliphatic heterocycles. The van der Waals surface area contributed by atoms with Crippen molar-refractivity contribution >= 4 is 5.78 Å². The highest BCUT2D eigenvalue weighted by Gasteiger charge is 2.33. The third kappa shape index (κ3) is 3.53. The van der Waals surface area contributed by atoms with Gasteiger partial charge >= 0.3 is 0 Å². The smallest absolute Gasteiger partial charge is 0.159 e. The van der Waals surface area contributed by atoms with Crippen molar-refractivity contribution in [3.63, 3.8) is 0 Å². The van der Waals surface area contributed by atoms with Crippen LogP contribution in [0.5, 0.6) is 0 Å². The van der Waals surface area contributed by atoms with E-state index in [-0.39, 0.29) is 23.4 Å². The summed E-state index contributed by atoms with van der Waals surface area (Å²) in [6.07, 6.45) is 4.68. The fourth-order valence-corrected chi connectivity index (χ4v) is 1.97. The number of hydrogen-bond acceptors (Lipinski definition) is 2. The van der Waals surface area contributed by atoms with E-state index < -0.39 is 0 Å². The first kappa shape index (κ1) is 14.2. The van der Waals surface area contributed by atoms with Gasteiger partial charge in [0.2, 0.25) is 0 Å². The zero-order chi connectivity index (χ0) is 13.3. The molecule has 96 valence electrons. The van der Waals surface area contributed by atoms with Crippen LogP contribution in [0.4, 0.5) is 0 Å². The van der Waals surface area contributed by atoms with Crippen LogP contribution in [0.25, 0.3) is 0 Å². The standard InChI is InChI=1S/C15H24O2/c1-11-7-8-12(2)15(11,6)17-10-13(16)9-14(3,4)5/h7-8H,9-10H2,1-6H3. The Kier molecular flexibility index (Phi) is 3.98. The fourth-order valence-electron chi connectivity index (χ4n) is 1.97. The molecule has 0 amide bonds. The van der Waals surface area contributed by atoms with Gasteiger partial charge in [-0.25, -0.2) is 0 Å². The van der Waals surface area contributed by atoms with Crippen molar-refractivity contribution in [1.82, 2.24) is 0 Å². The van der Waals surface area contributed by atoms with Crippen LogP contribution in [0.1, 0.15) is 48.0 Å². The van der Waals surface area contributed by atoms with Crippen LogP contribution in [0.15, 0.2) is 23.3 Å². The zero-order valence-corrected chi connectivity index (χ0v) is 11.9. The number of carbonyl (C=O) groups is 1. The van der Waals surface area contributed by atoms with Gasteiger partial charge in [0.1, 0.15) is 12.2 Å². The number of ether oxygens (including phenoxy) is 1. The molecule has 1 aliphatic carbocycles. The predicted octanol–water partition coefficient (Wildman–Crippen LogP) is 3.67. The van der Waals surface area contributed by atoms with E-state index in [2.05, 4.69) is 32.9 Å². The quantitative estimate of drug-likeness (QED) is 0.744. The Morgan fingerprint density at radius 2 is 1.71 bits per heavy atom. The molecule has 2 heteroatoms. The summed E-state index contributed by atoms with van der Waals surface area (Å²) < 4.78 is 5.84. The average Bonchev–Trinajstić information content (AvgIpc) is 2.41. The molecule has 0 aromatic rings. The van der Waals surface area contributed by atoms with Crippen molar-refractivity contribution in [3.8, 4) is 0 Å². The van der Waals surface area contributed by atoms with Gasteiger partial charge in [0.25, 0.3) is 0 Å². The highest BCUT2D eigenvalue weighted by Crippen LogP contribution is 2.34. The monoisotopic (exact) mass is 236 g/mol. The predicted molar refractivity (Wildman–Crippen MR) is 71.0 cm³/mol. The van der Waals surface area contributed by atoms with Gasteiger partial charge in [0.15, 0.2) is 5.78 Å². The van der Waals surface area contributed by atoms with Crippen molar-refractivity contribution in [1.29, 1.82) is 0 Å². The van der Waals surface area contributed by atoms with Gasteiger partial charge in [-0.1, -0.05) is 32.9 Å². The Labute approximate surface area is 105 Å². The lowest BCUT2D eigenvalue weighted by Gasteiger charge is -2.29. The second kappa shape index (κ2) is 4.77. The molecule has 0 unspecified atom stereocenters. The Balaban J connectivity index is 2.55. The largest absolute Gasteiger partial charge is 0.359 e. The van der Waals surface area contributed by atoms with Crippen molar-refractivity contribution in [3.05, 3.63) is 23.3 Å². The third-order valence-corrected chi connectivity index (χ3v) is 3.34. The van der Waals surface area contributed by atoms with Gasteiger partial charge in [-0.05, 0) is 37.3 Å². The molecule has 1 rings (SSSR count). The van der Waals surface area contributed by atoms with Crippen LogP contribution in [-0.2, 0) is 9.53 Å². The summed E-state index contributed by atoms with van der Waals surface area (Å²) >= 11 is 0. The maximum absolute atomic E-state index is 11.8. The van der Waals surface area contributed by atoms with E-state index in [4.69, 9.17) is 4.74 Å². The molecule has 0 radical (unpaired) electrons. The van der Waals surface area contributed by atoms with Crippen molar-refractivity contribution in [2.24, 2.45) is 5.41 Å². The van der Waals surface area contributed by atoms with Crippen LogP contribution >= 0.6 is 0 Å². The van der Waals surface area contributed by atoms with E-state index in [0.717, 1.165) is 0 Å². The van der Waals surface area contributed by atoms with Crippen LogP contribution in [-0.4, -0.2) is 18.0 Å². The summed E-state index contributed by atoms with van der Waals surface area (Å²) in [4.78, 5) is 11.8. The third-order valence-electron chi connectivity index (χ3n) is 3.34. The molecule has 0 aromatic heterocycles. The summed E-state index contributed by atoms with van der Waals surface area (Å²) in [6, 6.07) is 0. The molecular formula is C15H24O2. The second-order valence-electron chi connectivity index (χ2n) is 6.30. The number of carbonyl (C=O) groups excluding carboxylic acids is 1. The van der Waals surface area contributed by atoms with E-state index in [0.29, 0.717) is 6.42 Å². The number of rotatable bonds is 4.